The summed E-state index contributed by atoms with van der Waals surface area (Å²) in [5.41, 5.74) is -1.03. The molecule has 0 radical (unpaired) electrons. The minimum atomic E-state index is -0.647. The molecule has 0 aliphatic carbocycles. The molecule has 0 unspecified atom stereocenters. The first-order chi connectivity index (χ1) is 9.13. The van der Waals surface area contributed by atoms with Crippen molar-refractivity contribution in [3.63, 3.8) is 0 Å². The molecule has 2 aromatic rings. The third-order valence-electron chi connectivity index (χ3n) is 2.35. The lowest BCUT2D eigenvalue weighted by atomic mass is 10.2. The summed E-state index contributed by atoms with van der Waals surface area (Å²) in [6.07, 6.45) is 0.217. The first-order valence-electron chi connectivity index (χ1n) is 5.43. The van der Waals surface area contributed by atoms with Gasteiger partial charge in [0.1, 0.15) is 5.82 Å². The van der Waals surface area contributed by atoms with Crippen LogP contribution in [-0.2, 0) is 0 Å². The van der Waals surface area contributed by atoms with Crippen LogP contribution in [0.15, 0.2) is 27.8 Å². The van der Waals surface area contributed by atoms with Gasteiger partial charge in [0.05, 0.1) is 17.9 Å². The maximum absolute atomic E-state index is 13.5. The SMILES string of the molecule is O=c1[nH][nH]c(=O)n1-c1ccc(F)c(C#CCCO)c1. The molecule has 1 heterocycles. The third kappa shape index (κ3) is 2.64. The molecule has 0 fully saturated rings. The van der Waals surface area contributed by atoms with Gasteiger partial charge in [-0.2, -0.15) is 0 Å². The Labute approximate surface area is 106 Å². The summed E-state index contributed by atoms with van der Waals surface area (Å²) in [5, 5.41) is 12.9. The smallest absolute Gasteiger partial charge is 0.348 e. The highest BCUT2D eigenvalue weighted by atomic mass is 19.1. The van der Waals surface area contributed by atoms with Crippen molar-refractivity contribution in [2.75, 3.05) is 6.61 Å². The Bertz CT molecular complexity index is 733. The summed E-state index contributed by atoms with van der Waals surface area (Å²) < 4.78 is 14.3. The summed E-state index contributed by atoms with van der Waals surface area (Å²) in [5.74, 6) is 4.54. The van der Waals surface area contributed by atoms with Crippen LogP contribution in [0.2, 0.25) is 0 Å². The lowest BCUT2D eigenvalue weighted by Gasteiger charge is -2.01. The summed E-state index contributed by atoms with van der Waals surface area (Å²) in [6, 6.07) is 3.72. The quantitative estimate of drug-likeness (QED) is 0.651. The van der Waals surface area contributed by atoms with E-state index in [0.717, 1.165) is 10.6 Å². The van der Waals surface area contributed by atoms with E-state index >= 15 is 0 Å². The summed E-state index contributed by atoms with van der Waals surface area (Å²) >= 11 is 0. The lowest BCUT2D eigenvalue weighted by molar-refractivity contribution is 0.305. The fourth-order valence-electron chi connectivity index (χ4n) is 1.51. The molecule has 0 spiro atoms. The van der Waals surface area contributed by atoms with E-state index in [9.17, 15) is 14.0 Å². The highest BCUT2D eigenvalue weighted by Crippen LogP contribution is 2.11. The molecule has 19 heavy (non-hydrogen) atoms. The number of aliphatic hydroxyl groups is 1. The Morgan fingerprint density at radius 2 is 1.95 bits per heavy atom. The Morgan fingerprint density at radius 1 is 1.26 bits per heavy atom. The largest absolute Gasteiger partial charge is 0.395 e. The molecule has 6 nitrogen and oxygen atoms in total. The van der Waals surface area contributed by atoms with Crippen molar-refractivity contribution in [3.8, 4) is 17.5 Å². The monoisotopic (exact) mass is 263 g/mol. The molecule has 7 heteroatoms. The van der Waals surface area contributed by atoms with E-state index in [1.807, 2.05) is 0 Å². The Kier molecular flexibility index (Phi) is 3.63. The summed E-state index contributed by atoms with van der Waals surface area (Å²) in [4.78, 5) is 22.8. The molecule has 0 atom stereocenters. The number of H-pyrrole nitrogens is 2. The van der Waals surface area contributed by atoms with Crippen molar-refractivity contribution < 1.29 is 9.50 Å². The van der Waals surface area contributed by atoms with Crippen molar-refractivity contribution in [2.24, 2.45) is 0 Å². The van der Waals surface area contributed by atoms with E-state index in [-0.39, 0.29) is 24.3 Å². The number of halogens is 1. The van der Waals surface area contributed by atoms with Gasteiger partial charge in [-0.05, 0) is 18.2 Å². The van der Waals surface area contributed by atoms with Gasteiger partial charge in [-0.3, -0.25) is 0 Å². The molecule has 1 aromatic heterocycles. The van der Waals surface area contributed by atoms with Gasteiger partial charge in [0, 0.05) is 6.42 Å². The molecular formula is C12H10FN3O3. The molecule has 2 rings (SSSR count). The molecule has 0 amide bonds. The van der Waals surface area contributed by atoms with E-state index in [2.05, 4.69) is 22.0 Å². The van der Waals surface area contributed by atoms with Crippen molar-refractivity contribution in [1.82, 2.24) is 14.8 Å². The predicted molar refractivity (Wildman–Crippen MR) is 65.5 cm³/mol. The second-order valence-electron chi connectivity index (χ2n) is 3.64. The van der Waals surface area contributed by atoms with Gasteiger partial charge in [0.15, 0.2) is 0 Å². The third-order valence-corrected chi connectivity index (χ3v) is 2.35. The van der Waals surface area contributed by atoms with E-state index < -0.39 is 17.2 Å². The van der Waals surface area contributed by atoms with Gasteiger partial charge in [-0.1, -0.05) is 11.8 Å². The Balaban J connectivity index is 2.51. The number of rotatable bonds is 2. The van der Waals surface area contributed by atoms with Crippen LogP contribution in [0, 0.1) is 17.7 Å². The molecule has 0 saturated carbocycles. The minimum Gasteiger partial charge on any atom is -0.395 e. The van der Waals surface area contributed by atoms with Crippen molar-refractivity contribution in [1.29, 1.82) is 0 Å². The van der Waals surface area contributed by atoms with Crippen LogP contribution in [0.25, 0.3) is 5.69 Å². The predicted octanol–water partition coefficient (Wildman–Crippen LogP) is -0.273. The lowest BCUT2D eigenvalue weighted by Crippen LogP contribution is -2.24. The van der Waals surface area contributed by atoms with E-state index in [4.69, 9.17) is 5.11 Å². The average molecular weight is 263 g/mol. The summed E-state index contributed by atoms with van der Waals surface area (Å²) in [6.45, 7) is -0.120. The fraction of sp³-hybridized carbons (Fsp3) is 0.167. The van der Waals surface area contributed by atoms with E-state index in [1.54, 1.807) is 0 Å². The number of hydrogen-bond acceptors (Lipinski definition) is 3. The molecule has 98 valence electrons. The van der Waals surface area contributed by atoms with E-state index in [1.165, 1.54) is 12.1 Å². The Hall–Kier alpha value is -2.59. The summed E-state index contributed by atoms with van der Waals surface area (Å²) in [7, 11) is 0. The number of aromatic nitrogens is 3. The van der Waals surface area contributed by atoms with Crippen LogP contribution >= 0.6 is 0 Å². The van der Waals surface area contributed by atoms with Gasteiger partial charge in [0.2, 0.25) is 0 Å². The van der Waals surface area contributed by atoms with Crippen LogP contribution < -0.4 is 11.4 Å². The molecular weight excluding hydrogens is 253 g/mol. The molecule has 0 aliphatic heterocycles. The van der Waals surface area contributed by atoms with Crippen molar-refractivity contribution >= 4 is 0 Å². The first kappa shape index (κ1) is 12.9. The molecule has 0 saturated heterocycles. The molecule has 1 aromatic carbocycles. The van der Waals surface area contributed by atoms with Crippen LogP contribution in [0.4, 0.5) is 4.39 Å². The van der Waals surface area contributed by atoms with Crippen molar-refractivity contribution in [3.05, 3.63) is 50.5 Å². The van der Waals surface area contributed by atoms with Gasteiger partial charge < -0.3 is 5.11 Å². The minimum absolute atomic E-state index is 0.0541. The maximum atomic E-state index is 13.5. The average Bonchev–Trinajstić information content (AvgIpc) is 2.72. The van der Waals surface area contributed by atoms with Gasteiger partial charge >= 0.3 is 11.4 Å². The highest BCUT2D eigenvalue weighted by Gasteiger charge is 2.08. The standard InChI is InChI=1S/C12H10FN3O3/c13-10-5-4-9(7-8(10)3-1-2-6-17)16-11(18)14-15-12(16)19/h4-5,7,17H,2,6H2,(H,14,18)(H,15,19). The number of nitrogens with one attached hydrogen (secondary N) is 2. The van der Waals surface area contributed by atoms with Crippen LogP contribution in [0.3, 0.4) is 0 Å². The maximum Gasteiger partial charge on any atom is 0.348 e. The zero-order valence-electron chi connectivity index (χ0n) is 9.74. The normalized spacial score (nSPS) is 10.0. The number of aliphatic hydroxyl groups excluding tert-OH is 1. The number of benzene rings is 1. The van der Waals surface area contributed by atoms with Crippen LogP contribution in [-0.4, -0.2) is 26.5 Å². The van der Waals surface area contributed by atoms with Gasteiger partial charge in [-0.25, -0.2) is 28.7 Å². The second kappa shape index (κ2) is 5.37. The topological polar surface area (TPSA) is 90.9 Å². The van der Waals surface area contributed by atoms with Gasteiger partial charge in [-0.15, -0.1) is 0 Å². The molecule has 0 bridgehead atoms. The first-order valence-corrected chi connectivity index (χ1v) is 5.43. The van der Waals surface area contributed by atoms with Gasteiger partial charge in [0.25, 0.3) is 0 Å². The van der Waals surface area contributed by atoms with Crippen molar-refractivity contribution in [2.45, 2.75) is 6.42 Å². The highest BCUT2D eigenvalue weighted by molar-refractivity contribution is 5.44. The number of nitrogens with zero attached hydrogens (tertiary/aromatic N) is 1. The zero-order chi connectivity index (χ0) is 13.8. The Morgan fingerprint density at radius 3 is 2.58 bits per heavy atom. The van der Waals surface area contributed by atoms with Crippen LogP contribution in [0.1, 0.15) is 12.0 Å². The van der Waals surface area contributed by atoms with Crippen LogP contribution in [0.5, 0.6) is 0 Å². The fourth-order valence-corrected chi connectivity index (χ4v) is 1.51. The molecule has 0 aliphatic rings. The second-order valence-corrected chi connectivity index (χ2v) is 3.64. The number of hydrogen-bond donors (Lipinski definition) is 3. The molecule has 3 N–H and O–H groups in total. The zero-order valence-corrected chi connectivity index (χ0v) is 9.74. The number of aromatic amines is 2. The van der Waals surface area contributed by atoms with E-state index in [0.29, 0.717) is 0 Å².